The van der Waals surface area contributed by atoms with Gasteiger partial charge in [0, 0.05) is 44.0 Å². The zero-order valence-electron chi connectivity index (χ0n) is 22.3. The number of aliphatic carboxylic acids is 1. The number of ether oxygens (including phenoxy) is 1. The lowest BCUT2D eigenvalue weighted by Gasteiger charge is -2.45. The lowest BCUT2D eigenvalue weighted by molar-refractivity contribution is -0.308. The Bertz CT molecular complexity index is 1130. The Morgan fingerprint density at radius 1 is 0.929 bits per heavy atom. The molecule has 0 radical (unpaired) electrons. The molecule has 1 N–H and O–H groups in total. The van der Waals surface area contributed by atoms with Crippen LogP contribution in [0.3, 0.4) is 0 Å². The monoisotopic (exact) mass is 619 g/mol. The van der Waals surface area contributed by atoms with Crippen LogP contribution in [0.15, 0.2) is 18.2 Å². The van der Waals surface area contributed by atoms with Crippen molar-refractivity contribution in [3.8, 4) is 0 Å². The van der Waals surface area contributed by atoms with Crippen LogP contribution in [0.2, 0.25) is 0 Å². The number of anilines is 1. The molecule has 4 rings (SSSR count). The second-order valence-corrected chi connectivity index (χ2v) is 11.0. The molecule has 3 heterocycles. The minimum Gasteiger partial charge on any atom is -0.481 e. The van der Waals surface area contributed by atoms with E-state index in [4.69, 9.17) is 0 Å². The molecule has 236 valence electrons. The van der Waals surface area contributed by atoms with E-state index in [1.54, 1.807) is 4.90 Å². The number of carboxylic acid groups (broad SMARTS) is 1. The molecule has 3 fully saturated rings. The molecule has 0 aromatic heterocycles. The van der Waals surface area contributed by atoms with Crippen molar-refractivity contribution in [3.05, 3.63) is 29.3 Å². The van der Waals surface area contributed by atoms with E-state index in [1.165, 1.54) is 6.07 Å². The summed E-state index contributed by atoms with van der Waals surface area (Å²) >= 11 is 0. The van der Waals surface area contributed by atoms with Gasteiger partial charge in [-0.3, -0.25) is 9.69 Å². The number of piperidine rings is 2. The minimum absolute atomic E-state index is 0.0443. The predicted octanol–water partition coefficient (Wildman–Crippen LogP) is 6.07. The third-order valence-corrected chi connectivity index (χ3v) is 8.39. The highest BCUT2D eigenvalue weighted by Gasteiger charge is 2.60. The van der Waals surface area contributed by atoms with Gasteiger partial charge in [-0.25, -0.2) is 4.79 Å². The van der Waals surface area contributed by atoms with Crippen LogP contribution in [0, 0.1) is 5.92 Å². The van der Waals surface area contributed by atoms with Crippen molar-refractivity contribution in [1.29, 1.82) is 0 Å². The van der Waals surface area contributed by atoms with E-state index in [1.807, 2.05) is 4.90 Å². The third-order valence-electron chi connectivity index (χ3n) is 8.39. The number of hydrogen-bond donors (Lipinski definition) is 1. The van der Waals surface area contributed by atoms with Crippen LogP contribution in [0.1, 0.15) is 49.7 Å². The Kier molecular flexibility index (Phi) is 8.87. The first-order valence-electron chi connectivity index (χ1n) is 13.4. The predicted molar refractivity (Wildman–Crippen MR) is 130 cm³/mol. The van der Waals surface area contributed by atoms with E-state index >= 15 is 0 Å². The maximum Gasteiger partial charge on any atom is 0.434 e. The van der Waals surface area contributed by atoms with Crippen LogP contribution >= 0.6 is 0 Å². The minimum atomic E-state index is -5.83. The fourth-order valence-corrected chi connectivity index (χ4v) is 6.18. The van der Waals surface area contributed by atoms with Crippen LogP contribution in [0.25, 0.3) is 0 Å². The van der Waals surface area contributed by atoms with Crippen molar-refractivity contribution in [2.45, 2.75) is 75.2 Å². The zero-order chi connectivity index (χ0) is 31.1. The highest BCUT2D eigenvalue weighted by Crippen LogP contribution is 2.42. The van der Waals surface area contributed by atoms with Crippen molar-refractivity contribution >= 4 is 17.7 Å². The van der Waals surface area contributed by atoms with Gasteiger partial charge in [0.1, 0.15) is 0 Å². The standard InChI is InChI=1S/C26H30F9N3O4/c27-24(28,29)18-5-4-16(19(13-18)37-9-1-3-17(14-37)20(39)40)15-38-10-2-6-23(38)7-11-36(12-8-23)22(41)42-21(25(30,31)32)26(33,34)35/h4-5,13,17,21H,1-3,6-12,14-15H2,(H,39,40). The molecule has 1 unspecified atom stereocenters. The molecule has 1 aromatic rings. The average molecular weight is 620 g/mol. The molecule has 1 amide bonds. The molecule has 3 saturated heterocycles. The fraction of sp³-hybridized carbons (Fsp3) is 0.692. The van der Waals surface area contributed by atoms with Gasteiger partial charge in [0.15, 0.2) is 0 Å². The molecular weight excluding hydrogens is 589 g/mol. The van der Waals surface area contributed by atoms with Crippen molar-refractivity contribution in [2.75, 3.05) is 37.6 Å². The molecule has 42 heavy (non-hydrogen) atoms. The summed E-state index contributed by atoms with van der Waals surface area (Å²) in [6.45, 7) is 0.817. The van der Waals surface area contributed by atoms with Crippen LogP contribution < -0.4 is 4.90 Å². The Balaban J connectivity index is 1.50. The summed E-state index contributed by atoms with van der Waals surface area (Å²) in [5.41, 5.74) is -0.646. The topological polar surface area (TPSA) is 73.3 Å². The van der Waals surface area contributed by atoms with Gasteiger partial charge in [0.05, 0.1) is 11.5 Å². The first-order chi connectivity index (χ1) is 19.4. The van der Waals surface area contributed by atoms with Gasteiger partial charge in [-0.15, -0.1) is 0 Å². The van der Waals surface area contributed by atoms with E-state index < -0.39 is 53.7 Å². The number of alkyl halides is 9. The number of hydrogen-bond acceptors (Lipinski definition) is 5. The number of nitrogens with zero attached hydrogens (tertiary/aromatic N) is 3. The molecule has 3 aliphatic heterocycles. The number of halogens is 9. The quantitative estimate of drug-likeness (QED) is 0.404. The Morgan fingerprint density at radius 2 is 1.57 bits per heavy atom. The highest BCUT2D eigenvalue weighted by molar-refractivity contribution is 5.72. The maximum atomic E-state index is 13.6. The van der Waals surface area contributed by atoms with Crippen LogP contribution in [-0.2, 0) is 22.3 Å². The van der Waals surface area contributed by atoms with E-state index in [9.17, 15) is 54.2 Å². The van der Waals surface area contributed by atoms with Crippen molar-refractivity contribution in [3.63, 3.8) is 0 Å². The first-order valence-corrected chi connectivity index (χ1v) is 13.4. The molecule has 1 atom stereocenters. The molecule has 0 aliphatic carbocycles. The number of amides is 1. The second kappa shape index (κ2) is 11.6. The molecule has 3 aliphatic rings. The number of rotatable bonds is 5. The molecule has 1 aromatic carbocycles. The van der Waals surface area contributed by atoms with Crippen molar-refractivity contribution in [2.24, 2.45) is 5.92 Å². The summed E-state index contributed by atoms with van der Waals surface area (Å²) in [6.07, 6.45) is -19.6. The van der Waals surface area contributed by atoms with Gasteiger partial charge in [0.25, 0.3) is 6.10 Å². The number of carbonyl (C=O) groups is 2. The van der Waals surface area contributed by atoms with Crippen molar-refractivity contribution < 1.29 is 58.9 Å². The molecule has 16 heteroatoms. The van der Waals surface area contributed by atoms with E-state index in [0.717, 1.165) is 17.0 Å². The van der Waals surface area contributed by atoms with Crippen molar-refractivity contribution in [1.82, 2.24) is 9.80 Å². The summed E-state index contributed by atoms with van der Waals surface area (Å²) in [6, 6.07) is 3.32. The smallest absolute Gasteiger partial charge is 0.434 e. The highest BCUT2D eigenvalue weighted by atomic mass is 19.4. The van der Waals surface area contributed by atoms with Gasteiger partial charge in [-0.2, -0.15) is 39.5 Å². The van der Waals surface area contributed by atoms with Crippen LogP contribution in [0.4, 0.5) is 50.0 Å². The maximum absolute atomic E-state index is 13.6. The van der Waals surface area contributed by atoms with Gasteiger partial charge in [-0.1, -0.05) is 6.07 Å². The summed E-state index contributed by atoms with van der Waals surface area (Å²) in [7, 11) is 0. The summed E-state index contributed by atoms with van der Waals surface area (Å²) < 4.78 is 122. The van der Waals surface area contributed by atoms with E-state index in [-0.39, 0.29) is 44.7 Å². The Labute approximate surface area is 235 Å². The number of likely N-dealkylation sites (tertiary alicyclic amines) is 2. The van der Waals surface area contributed by atoms with Crippen LogP contribution in [-0.4, -0.2) is 83.7 Å². The van der Waals surface area contributed by atoms with E-state index in [2.05, 4.69) is 4.74 Å². The largest absolute Gasteiger partial charge is 0.481 e. The third kappa shape index (κ3) is 7.00. The fourth-order valence-electron chi connectivity index (χ4n) is 6.18. The second-order valence-electron chi connectivity index (χ2n) is 11.0. The van der Waals surface area contributed by atoms with Gasteiger partial charge >= 0.3 is 30.6 Å². The number of carbonyl (C=O) groups excluding carboxylic acids is 1. The lowest BCUT2D eigenvalue weighted by Crippen LogP contribution is -2.54. The van der Waals surface area contributed by atoms with Crippen LogP contribution in [0.5, 0.6) is 0 Å². The molecule has 1 spiro atoms. The number of benzene rings is 1. The molecular formula is C26H30F9N3O4. The lowest BCUT2D eigenvalue weighted by atomic mass is 9.84. The van der Waals surface area contributed by atoms with Gasteiger partial charge in [-0.05, 0) is 62.8 Å². The SMILES string of the molecule is O=C(O)C1CCCN(c2cc(C(F)(F)F)ccc2CN2CCCC23CCN(C(=O)OC(C(F)(F)F)C(F)(F)F)CC3)C1. The summed E-state index contributed by atoms with van der Waals surface area (Å²) in [4.78, 5) is 28.3. The summed E-state index contributed by atoms with van der Waals surface area (Å²) in [5.74, 6) is -1.77. The number of carboxylic acids is 1. The van der Waals surface area contributed by atoms with E-state index in [0.29, 0.717) is 44.3 Å². The molecule has 7 nitrogen and oxygen atoms in total. The molecule has 0 bridgehead atoms. The Hall–Kier alpha value is -2.91. The first kappa shape index (κ1) is 32.0. The average Bonchev–Trinajstić information content (AvgIpc) is 3.26. The summed E-state index contributed by atoms with van der Waals surface area (Å²) in [5, 5.41) is 9.48. The zero-order valence-corrected chi connectivity index (χ0v) is 22.3. The Morgan fingerprint density at radius 3 is 2.14 bits per heavy atom. The van der Waals surface area contributed by atoms with Gasteiger partial charge < -0.3 is 19.6 Å². The van der Waals surface area contributed by atoms with Gasteiger partial charge in [0.2, 0.25) is 0 Å². The molecule has 0 saturated carbocycles. The normalized spacial score (nSPS) is 22.2.